The van der Waals surface area contributed by atoms with Crippen molar-refractivity contribution in [2.45, 2.75) is 24.3 Å². The predicted octanol–water partition coefficient (Wildman–Crippen LogP) is 4.14. The van der Waals surface area contributed by atoms with Gasteiger partial charge in [-0.1, -0.05) is 41.4 Å². The minimum atomic E-state index is -3.71. The summed E-state index contributed by atoms with van der Waals surface area (Å²) in [5.41, 5.74) is 0.741. The van der Waals surface area contributed by atoms with Crippen LogP contribution in [-0.2, 0) is 20.4 Å². The van der Waals surface area contributed by atoms with E-state index in [-0.39, 0.29) is 11.4 Å². The lowest BCUT2D eigenvalue weighted by atomic mass is 9.96. The fourth-order valence-corrected chi connectivity index (χ4v) is 3.75. The van der Waals surface area contributed by atoms with Gasteiger partial charge in [0, 0.05) is 23.7 Å². The maximum atomic E-state index is 12.5. The summed E-state index contributed by atoms with van der Waals surface area (Å²) in [4.78, 5) is 0.114. The average molecular weight is 388 g/mol. The van der Waals surface area contributed by atoms with Crippen molar-refractivity contribution in [2.24, 2.45) is 0 Å². The summed E-state index contributed by atoms with van der Waals surface area (Å²) in [6.07, 6.45) is 0. The van der Waals surface area contributed by atoms with Crippen molar-refractivity contribution in [1.82, 2.24) is 4.72 Å². The van der Waals surface area contributed by atoms with E-state index >= 15 is 0 Å². The first-order valence-electron chi connectivity index (χ1n) is 7.25. The van der Waals surface area contributed by atoms with Gasteiger partial charge in [0.05, 0.1) is 4.90 Å². The smallest absolute Gasteiger partial charge is 0.240 e. The summed E-state index contributed by atoms with van der Waals surface area (Å²) in [7, 11) is -2.18. The topological polar surface area (TPSA) is 55.4 Å². The number of aryl methyl sites for hydroxylation is 1. The Kier molecular flexibility index (Phi) is 5.94. The monoisotopic (exact) mass is 387 g/mol. The molecule has 0 heterocycles. The summed E-state index contributed by atoms with van der Waals surface area (Å²) in [6.45, 7) is 3.66. The Morgan fingerprint density at radius 2 is 1.88 bits per heavy atom. The zero-order valence-electron chi connectivity index (χ0n) is 13.6. The van der Waals surface area contributed by atoms with Crippen LogP contribution in [-0.4, -0.2) is 22.1 Å². The summed E-state index contributed by atoms with van der Waals surface area (Å²) in [6, 6.07) is 11.8. The summed E-state index contributed by atoms with van der Waals surface area (Å²) < 4.78 is 33.1. The molecule has 2 aromatic carbocycles. The quantitative estimate of drug-likeness (QED) is 0.809. The van der Waals surface area contributed by atoms with Crippen LogP contribution >= 0.6 is 23.2 Å². The van der Waals surface area contributed by atoms with Gasteiger partial charge < -0.3 is 4.74 Å². The molecule has 0 spiro atoms. The number of nitrogens with one attached hydrogen (secondary N) is 1. The van der Waals surface area contributed by atoms with E-state index in [1.165, 1.54) is 19.2 Å². The Hall–Kier alpha value is -1.11. The Morgan fingerprint density at radius 1 is 1.17 bits per heavy atom. The molecule has 7 heteroatoms. The number of ether oxygens (including phenoxy) is 1. The molecule has 0 saturated carbocycles. The fourth-order valence-electron chi connectivity index (χ4n) is 2.17. The minimum absolute atomic E-state index is 0.0532. The van der Waals surface area contributed by atoms with Gasteiger partial charge in [-0.15, -0.1) is 0 Å². The van der Waals surface area contributed by atoms with Crippen LogP contribution in [0, 0.1) is 6.92 Å². The largest absolute Gasteiger partial charge is 0.372 e. The van der Waals surface area contributed by atoms with E-state index in [0.29, 0.717) is 10.0 Å². The highest BCUT2D eigenvalue weighted by atomic mass is 35.5. The Morgan fingerprint density at radius 3 is 2.46 bits per heavy atom. The van der Waals surface area contributed by atoms with E-state index in [1.807, 2.05) is 13.0 Å². The van der Waals surface area contributed by atoms with Gasteiger partial charge in [-0.3, -0.25) is 0 Å². The predicted molar refractivity (Wildman–Crippen MR) is 97.2 cm³/mol. The van der Waals surface area contributed by atoms with Crippen LogP contribution in [0.1, 0.15) is 18.1 Å². The first kappa shape index (κ1) is 19.2. The van der Waals surface area contributed by atoms with Gasteiger partial charge >= 0.3 is 0 Å². The number of methoxy groups -OCH3 is 1. The van der Waals surface area contributed by atoms with E-state index in [4.69, 9.17) is 27.9 Å². The molecule has 1 N–H and O–H groups in total. The highest BCUT2D eigenvalue weighted by Crippen LogP contribution is 2.27. The molecule has 0 aromatic heterocycles. The van der Waals surface area contributed by atoms with Crippen LogP contribution in [0.2, 0.25) is 10.0 Å². The third-order valence-electron chi connectivity index (χ3n) is 3.94. The molecule has 4 nitrogen and oxygen atoms in total. The van der Waals surface area contributed by atoms with Crippen LogP contribution in [0.3, 0.4) is 0 Å². The van der Waals surface area contributed by atoms with Crippen molar-refractivity contribution >= 4 is 33.2 Å². The van der Waals surface area contributed by atoms with Crippen molar-refractivity contribution < 1.29 is 13.2 Å². The van der Waals surface area contributed by atoms with Crippen LogP contribution in [0.5, 0.6) is 0 Å². The number of rotatable bonds is 6. The Balaban J connectivity index is 2.24. The van der Waals surface area contributed by atoms with Crippen LogP contribution in [0.25, 0.3) is 0 Å². The lowest BCUT2D eigenvalue weighted by molar-refractivity contribution is 0.00699. The molecule has 0 aliphatic heterocycles. The molecule has 0 bridgehead atoms. The third kappa shape index (κ3) is 4.29. The maximum Gasteiger partial charge on any atom is 0.240 e. The van der Waals surface area contributed by atoms with E-state index in [0.717, 1.165) is 11.1 Å². The molecule has 0 amide bonds. The average Bonchev–Trinajstić information content (AvgIpc) is 2.55. The van der Waals surface area contributed by atoms with Gasteiger partial charge in [-0.25, -0.2) is 13.1 Å². The van der Waals surface area contributed by atoms with E-state index in [2.05, 4.69) is 4.72 Å². The Bertz CT molecular complexity index is 839. The molecule has 130 valence electrons. The van der Waals surface area contributed by atoms with Gasteiger partial charge in [-0.2, -0.15) is 0 Å². The van der Waals surface area contributed by atoms with Gasteiger partial charge in [0.2, 0.25) is 10.0 Å². The summed E-state index contributed by atoms with van der Waals surface area (Å²) >= 11 is 12.0. The van der Waals surface area contributed by atoms with Crippen molar-refractivity contribution in [1.29, 1.82) is 0 Å². The first-order chi connectivity index (χ1) is 11.2. The maximum absolute atomic E-state index is 12.5. The molecule has 2 rings (SSSR count). The van der Waals surface area contributed by atoms with E-state index < -0.39 is 15.6 Å². The van der Waals surface area contributed by atoms with Gasteiger partial charge in [0.15, 0.2) is 0 Å². The molecule has 1 unspecified atom stereocenters. The highest BCUT2D eigenvalue weighted by Gasteiger charge is 2.29. The van der Waals surface area contributed by atoms with Gasteiger partial charge in [-0.05, 0) is 49.2 Å². The number of halogens is 2. The van der Waals surface area contributed by atoms with Crippen molar-refractivity contribution in [3.63, 3.8) is 0 Å². The first-order valence-corrected chi connectivity index (χ1v) is 9.49. The third-order valence-corrected chi connectivity index (χ3v) is 5.98. The second-order valence-corrected chi connectivity index (χ2v) is 8.29. The SMILES string of the molecule is COC(C)(CNS(=O)(=O)c1ccc(C)c(Cl)c1)c1cccc(Cl)c1. The number of hydrogen-bond donors (Lipinski definition) is 1. The standard InChI is InChI=1S/C17H19Cl2NO3S/c1-12-7-8-15(10-16(12)19)24(21,22)20-11-17(2,23-3)13-5-4-6-14(18)9-13/h4-10,20H,11H2,1-3H3. The van der Waals surface area contributed by atoms with Crippen LogP contribution in [0.4, 0.5) is 0 Å². The molecule has 2 aromatic rings. The minimum Gasteiger partial charge on any atom is -0.372 e. The second kappa shape index (κ2) is 7.42. The van der Waals surface area contributed by atoms with Gasteiger partial charge in [0.1, 0.15) is 5.60 Å². The molecule has 24 heavy (non-hydrogen) atoms. The lowest BCUT2D eigenvalue weighted by Crippen LogP contribution is -2.40. The normalized spacial score (nSPS) is 14.4. The summed E-state index contributed by atoms with van der Waals surface area (Å²) in [5.74, 6) is 0. The molecule has 0 radical (unpaired) electrons. The molecule has 0 aliphatic carbocycles. The fraction of sp³-hybridized carbons (Fsp3) is 0.294. The Labute approximate surface area is 152 Å². The number of sulfonamides is 1. The number of hydrogen-bond acceptors (Lipinski definition) is 3. The van der Waals surface area contributed by atoms with Crippen molar-refractivity contribution in [2.75, 3.05) is 13.7 Å². The molecular formula is C17H19Cl2NO3S. The van der Waals surface area contributed by atoms with E-state index in [1.54, 1.807) is 31.2 Å². The van der Waals surface area contributed by atoms with Crippen molar-refractivity contribution in [3.8, 4) is 0 Å². The molecule has 1 atom stereocenters. The molecule has 0 saturated heterocycles. The highest BCUT2D eigenvalue weighted by molar-refractivity contribution is 7.89. The van der Waals surface area contributed by atoms with Crippen LogP contribution < -0.4 is 4.72 Å². The summed E-state index contributed by atoms with van der Waals surface area (Å²) in [5, 5.41) is 0.964. The molecular weight excluding hydrogens is 369 g/mol. The van der Waals surface area contributed by atoms with Gasteiger partial charge in [0.25, 0.3) is 0 Å². The zero-order chi connectivity index (χ0) is 18.0. The van der Waals surface area contributed by atoms with E-state index in [9.17, 15) is 8.42 Å². The number of benzene rings is 2. The second-order valence-electron chi connectivity index (χ2n) is 5.68. The molecule has 0 fully saturated rings. The molecule has 0 aliphatic rings. The zero-order valence-corrected chi connectivity index (χ0v) is 16.0. The van der Waals surface area contributed by atoms with Crippen LogP contribution in [0.15, 0.2) is 47.4 Å². The van der Waals surface area contributed by atoms with Crippen molar-refractivity contribution in [3.05, 3.63) is 63.6 Å². The lowest BCUT2D eigenvalue weighted by Gasteiger charge is -2.29.